The van der Waals surface area contributed by atoms with Crippen molar-refractivity contribution in [1.29, 1.82) is 0 Å². The number of hydrogen-bond acceptors (Lipinski definition) is 8. The number of likely N-dealkylation sites (tertiary alicyclic amines) is 1. The van der Waals surface area contributed by atoms with Gasteiger partial charge < -0.3 is 15.0 Å². The van der Waals surface area contributed by atoms with Crippen LogP contribution in [0.3, 0.4) is 0 Å². The number of carbonyl (C=O) groups excluding carboxylic acids is 1. The first-order chi connectivity index (χ1) is 15.6. The normalized spacial score (nSPS) is 15.2. The average Bonchev–Trinajstić information content (AvgIpc) is 3.19. The summed E-state index contributed by atoms with van der Waals surface area (Å²) < 4.78 is 30.8. The number of hydrogen-bond donors (Lipinski definition) is 1. The third-order valence-electron chi connectivity index (χ3n) is 5.67. The Bertz CT molecular complexity index is 1280. The highest BCUT2D eigenvalue weighted by molar-refractivity contribution is 7.90. The van der Waals surface area contributed by atoms with Gasteiger partial charge in [-0.15, -0.1) is 0 Å². The minimum atomic E-state index is -3.37. The Balaban J connectivity index is 1.53. The van der Waals surface area contributed by atoms with Gasteiger partial charge in [-0.1, -0.05) is 0 Å². The molecule has 1 aliphatic heterocycles. The highest BCUT2D eigenvalue weighted by atomic mass is 32.2. The molecule has 33 heavy (non-hydrogen) atoms. The van der Waals surface area contributed by atoms with Crippen molar-refractivity contribution >= 4 is 33.0 Å². The summed E-state index contributed by atoms with van der Waals surface area (Å²) in [6.45, 7) is 6.71. The zero-order valence-electron chi connectivity index (χ0n) is 19.1. The fourth-order valence-electron chi connectivity index (χ4n) is 3.97. The van der Waals surface area contributed by atoms with E-state index in [1.165, 1.54) is 6.07 Å². The third kappa shape index (κ3) is 4.92. The largest absolute Gasteiger partial charge is 0.447 e. The van der Waals surface area contributed by atoms with E-state index in [-0.39, 0.29) is 23.1 Å². The SMILES string of the molecule is Cc1nc(S(C)(=O)=O)ccc1Nc1cncn2c(C3CCN(C(=O)OC(C)C)CC3)cnc12. The Morgan fingerprint density at radius 1 is 1.18 bits per heavy atom. The molecule has 0 unspecified atom stereocenters. The Morgan fingerprint density at radius 3 is 2.55 bits per heavy atom. The number of ether oxygens (including phenoxy) is 1. The van der Waals surface area contributed by atoms with Gasteiger partial charge in [-0.25, -0.2) is 28.2 Å². The lowest BCUT2D eigenvalue weighted by molar-refractivity contribution is 0.0690. The van der Waals surface area contributed by atoms with Crippen molar-refractivity contribution in [3.05, 3.63) is 42.2 Å². The number of aromatic nitrogens is 4. The quantitative estimate of drug-likeness (QED) is 0.601. The van der Waals surface area contributed by atoms with Crippen LogP contribution in [0, 0.1) is 6.92 Å². The molecule has 11 heteroatoms. The summed E-state index contributed by atoms with van der Waals surface area (Å²) in [5.41, 5.74) is 3.69. The molecule has 1 fully saturated rings. The van der Waals surface area contributed by atoms with E-state index >= 15 is 0 Å². The summed E-state index contributed by atoms with van der Waals surface area (Å²) >= 11 is 0. The van der Waals surface area contributed by atoms with Crippen molar-refractivity contribution in [3.8, 4) is 0 Å². The van der Waals surface area contributed by atoms with Crippen molar-refractivity contribution in [2.45, 2.75) is 50.7 Å². The summed E-state index contributed by atoms with van der Waals surface area (Å²) in [6.07, 6.45) is 7.64. The summed E-state index contributed by atoms with van der Waals surface area (Å²) in [4.78, 5) is 27.1. The summed E-state index contributed by atoms with van der Waals surface area (Å²) in [6, 6.07) is 3.17. The third-order valence-corrected chi connectivity index (χ3v) is 6.66. The second-order valence-corrected chi connectivity index (χ2v) is 10.5. The van der Waals surface area contributed by atoms with Crippen molar-refractivity contribution < 1.29 is 17.9 Å². The first kappa shape index (κ1) is 23.0. The minimum Gasteiger partial charge on any atom is -0.447 e. The van der Waals surface area contributed by atoms with Crippen molar-refractivity contribution in [3.63, 3.8) is 0 Å². The summed E-state index contributed by atoms with van der Waals surface area (Å²) in [7, 11) is -3.37. The maximum Gasteiger partial charge on any atom is 0.410 e. The lowest BCUT2D eigenvalue weighted by Crippen LogP contribution is -2.39. The van der Waals surface area contributed by atoms with E-state index in [1.54, 1.807) is 30.4 Å². The van der Waals surface area contributed by atoms with E-state index in [0.717, 1.165) is 24.8 Å². The molecule has 3 aromatic rings. The number of nitrogens with zero attached hydrogens (tertiary/aromatic N) is 5. The molecule has 1 amide bonds. The van der Waals surface area contributed by atoms with Crippen molar-refractivity contribution in [1.82, 2.24) is 24.3 Å². The molecule has 10 nitrogen and oxygen atoms in total. The van der Waals surface area contributed by atoms with Gasteiger partial charge in [0.1, 0.15) is 12.0 Å². The number of anilines is 2. The molecule has 0 bridgehead atoms. The maximum atomic E-state index is 12.2. The summed E-state index contributed by atoms with van der Waals surface area (Å²) in [5, 5.41) is 3.31. The van der Waals surface area contributed by atoms with E-state index in [2.05, 4.69) is 20.3 Å². The standard InChI is InChI=1S/C22H28N6O4S/c1-14(2)32-22(29)27-9-7-16(8-10-27)19-12-24-21-18(11-23-13-28(19)21)26-17-5-6-20(25-15(17)3)33(4,30)31/h5-6,11-14,16,26H,7-10H2,1-4H3. The van der Waals surface area contributed by atoms with E-state index in [9.17, 15) is 13.2 Å². The fraction of sp³-hybridized carbons (Fsp3) is 0.455. The topological polar surface area (TPSA) is 119 Å². The van der Waals surface area contributed by atoms with E-state index in [1.807, 2.05) is 24.4 Å². The number of amides is 1. The fourth-order valence-corrected chi connectivity index (χ4v) is 4.59. The molecule has 0 aromatic carbocycles. The highest BCUT2D eigenvalue weighted by Gasteiger charge is 2.27. The molecule has 1 saturated heterocycles. The van der Waals surface area contributed by atoms with Crippen molar-refractivity contribution in [2.75, 3.05) is 24.7 Å². The van der Waals surface area contributed by atoms with Crippen LogP contribution in [0.25, 0.3) is 5.65 Å². The lowest BCUT2D eigenvalue weighted by atomic mass is 9.94. The molecule has 4 rings (SSSR count). The molecule has 176 valence electrons. The summed E-state index contributed by atoms with van der Waals surface area (Å²) in [5.74, 6) is 0.248. The lowest BCUT2D eigenvalue weighted by Gasteiger charge is -2.31. The number of sulfone groups is 1. The number of carbonyl (C=O) groups is 1. The van der Waals surface area contributed by atoms with Gasteiger partial charge >= 0.3 is 6.09 Å². The van der Waals surface area contributed by atoms with E-state index in [0.29, 0.717) is 35.8 Å². The molecule has 3 aromatic heterocycles. The van der Waals surface area contributed by atoms with Crippen LogP contribution in [0.15, 0.2) is 35.9 Å². The Morgan fingerprint density at radius 2 is 1.91 bits per heavy atom. The second-order valence-electron chi connectivity index (χ2n) is 8.56. The molecule has 0 atom stereocenters. The van der Waals surface area contributed by atoms with Gasteiger partial charge in [0.15, 0.2) is 20.5 Å². The van der Waals surface area contributed by atoms with E-state index in [4.69, 9.17) is 4.74 Å². The zero-order chi connectivity index (χ0) is 23.8. The van der Waals surface area contributed by atoms with Crippen LogP contribution < -0.4 is 5.32 Å². The van der Waals surface area contributed by atoms with Gasteiger partial charge in [-0.05, 0) is 45.7 Å². The maximum absolute atomic E-state index is 12.2. The average molecular weight is 473 g/mol. The number of pyridine rings is 1. The molecule has 0 radical (unpaired) electrons. The van der Waals surface area contributed by atoms with E-state index < -0.39 is 9.84 Å². The van der Waals surface area contributed by atoms with Gasteiger partial charge in [-0.2, -0.15) is 0 Å². The predicted octanol–water partition coefficient (Wildman–Crippen LogP) is 3.30. The number of nitrogens with one attached hydrogen (secondary N) is 1. The molecule has 0 aliphatic carbocycles. The monoisotopic (exact) mass is 472 g/mol. The van der Waals surface area contributed by atoms with Crippen LogP contribution in [-0.4, -0.2) is 64.2 Å². The first-order valence-corrected chi connectivity index (χ1v) is 12.7. The Hall–Kier alpha value is -3.21. The van der Waals surface area contributed by atoms with Gasteiger partial charge in [0.2, 0.25) is 0 Å². The zero-order valence-corrected chi connectivity index (χ0v) is 20.0. The molecule has 0 saturated carbocycles. The predicted molar refractivity (Wildman–Crippen MR) is 124 cm³/mol. The van der Waals surface area contributed by atoms with Gasteiger partial charge in [0.05, 0.1) is 23.7 Å². The smallest absolute Gasteiger partial charge is 0.410 e. The Labute approximate surface area is 192 Å². The number of aryl methyl sites for hydroxylation is 1. The molecular weight excluding hydrogens is 444 g/mol. The van der Waals surface area contributed by atoms with Crippen LogP contribution in [0.2, 0.25) is 0 Å². The van der Waals surface area contributed by atoms with Gasteiger partial charge in [0, 0.05) is 37.2 Å². The van der Waals surface area contributed by atoms with Crippen molar-refractivity contribution in [2.24, 2.45) is 0 Å². The molecule has 1 aliphatic rings. The van der Waals surface area contributed by atoms with Gasteiger partial charge in [-0.3, -0.25) is 4.40 Å². The number of piperidine rings is 1. The van der Waals surface area contributed by atoms with Crippen LogP contribution in [0.1, 0.15) is 44.0 Å². The van der Waals surface area contributed by atoms with Crippen LogP contribution >= 0.6 is 0 Å². The molecule has 0 spiro atoms. The molecule has 4 heterocycles. The first-order valence-electron chi connectivity index (χ1n) is 10.8. The molecule has 1 N–H and O–H groups in total. The number of imidazole rings is 1. The number of fused-ring (bicyclic) bond motifs is 1. The van der Waals surface area contributed by atoms with Crippen LogP contribution in [0.5, 0.6) is 0 Å². The Kier molecular flexibility index (Phi) is 6.24. The van der Waals surface area contributed by atoms with Crippen LogP contribution in [-0.2, 0) is 14.6 Å². The van der Waals surface area contributed by atoms with Gasteiger partial charge in [0.25, 0.3) is 0 Å². The van der Waals surface area contributed by atoms with Crippen LogP contribution in [0.4, 0.5) is 16.2 Å². The minimum absolute atomic E-state index is 0.0357. The molecular formula is C22H28N6O4S. The highest BCUT2D eigenvalue weighted by Crippen LogP contribution is 2.31. The second kappa shape index (κ2) is 8.97. The number of rotatable bonds is 5.